The number of nitro benzene ring substituents is 2. The molecule has 0 radical (unpaired) electrons. The van der Waals surface area contributed by atoms with Gasteiger partial charge in [-0.1, -0.05) is 5.16 Å². The molecular formula is C14H9N3O7. The van der Waals surface area contributed by atoms with Gasteiger partial charge in [-0.3, -0.25) is 25.0 Å². The molecule has 0 atom stereocenters. The number of carbonyl (C=O) groups is 2. The molecule has 1 aromatic carbocycles. The highest BCUT2D eigenvalue weighted by Gasteiger charge is 2.25. The standard InChI is InChI=1S/C14H9N3O7/c1-8-6-10(18)3-5-12(8)15-24-14(19)11-4-2-9(16(20)21)7-13(11)17(22)23/h2-7H,1H3. The molecular weight excluding hydrogens is 322 g/mol. The summed E-state index contributed by atoms with van der Waals surface area (Å²) in [7, 11) is 0. The lowest BCUT2D eigenvalue weighted by Crippen LogP contribution is -2.10. The smallest absolute Gasteiger partial charge is 0.312 e. The first-order valence-electron chi connectivity index (χ1n) is 6.42. The van der Waals surface area contributed by atoms with E-state index in [0.29, 0.717) is 11.6 Å². The van der Waals surface area contributed by atoms with Gasteiger partial charge in [-0.15, -0.1) is 0 Å². The van der Waals surface area contributed by atoms with Gasteiger partial charge in [-0.05, 0) is 36.8 Å². The maximum atomic E-state index is 12.0. The van der Waals surface area contributed by atoms with Crippen molar-refractivity contribution in [3.05, 3.63) is 67.8 Å². The zero-order valence-electron chi connectivity index (χ0n) is 12.2. The van der Waals surface area contributed by atoms with Crippen molar-refractivity contribution in [2.75, 3.05) is 0 Å². The van der Waals surface area contributed by atoms with Gasteiger partial charge in [-0.2, -0.15) is 0 Å². The van der Waals surface area contributed by atoms with Crippen molar-refractivity contribution in [2.45, 2.75) is 6.92 Å². The molecule has 10 nitrogen and oxygen atoms in total. The van der Waals surface area contributed by atoms with Crippen molar-refractivity contribution >= 4 is 28.8 Å². The van der Waals surface area contributed by atoms with Crippen molar-refractivity contribution < 1.29 is 24.3 Å². The Morgan fingerprint density at radius 1 is 1.17 bits per heavy atom. The highest BCUT2D eigenvalue weighted by atomic mass is 16.7. The highest BCUT2D eigenvalue weighted by Crippen LogP contribution is 2.25. The molecule has 1 aliphatic rings. The number of nitro groups is 2. The molecule has 122 valence electrons. The van der Waals surface area contributed by atoms with Crippen LogP contribution in [0.4, 0.5) is 11.4 Å². The van der Waals surface area contributed by atoms with Crippen molar-refractivity contribution in [3.63, 3.8) is 0 Å². The lowest BCUT2D eigenvalue weighted by Gasteiger charge is -2.05. The van der Waals surface area contributed by atoms with Crippen molar-refractivity contribution in [2.24, 2.45) is 5.16 Å². The summed E-state index contributed by atoms with van der Waals surface area (Å²) in [4.78, 5) is 47.6. The third kappa shape index (κ3) is 3.55. The number of allylic oxidation sites excluding steroid dienone is 4. The Hall–Kier alpha value is -3.69. The Balaban J connectivity index is 2.29. The Bertz CT molecular complexity index is 852. The number of benzene rings is 1. The molecule has 24 heavy (non-hydrogen) atoms. The topological polar surface area (TPSA) is 142 Å². The third-order valence-electron chi connectivity index (χ3n) is 3.00. The van der Waals surface area contributed by atoms with Crippen LogP contribution in [0.1, 0.15) is 17.3 Å². The van der Waals surface area contributed by atoms with Gasteiger partial charge in [0.25, 0.3) is 11.4 Å². The van der Waals surface area contributed by atoms with Crippen LogP contribution in [0.3, 0.4) is 0 Å². The first kappa shape index (κ1) is 16.7. The van der Waals surface area contributed by atoms with Gasteiger partial charge in [-0.25, -0.2) is 4.79 Å². The zero-order valence-corrected chi connectivity index (χ0v) is 12.2. The number of carbonyl (C=O) groups excluding carboxylic acids is 2. The summed E-state index contributed by atoms with van der Waals surface area (Å²) >= 11 is 0. The second kappa shape index (κ2) is 6.60. The molecule has 0 N–H and O–H groups in total. The predicted molar refractivity (Wildman–Crippen MR) is 80.5 cm³/mol. The maximum Gasteiger partial charge on any atom is 0.372 e. The molecule has 0 aromatic heterocycles. The molecule has 0 bridgehead atoms. The van der Waals surface area contributed by atoms with E-state index in [1.54, 1.807) is 6.92 Å². The Morgan fingerprint density at radius 2 is 1.88 bits per heavy atom. The molecule has 1 aromatic rings. The van der Waals surface area contributed by atoms with Crippen molar-refractivity contribution in [1.82, 2.24) is 0 Å². The first-order valence-corrected chi connectivity index (χ1v) is 6.42. The van der Waals surface area contributed by atoms with Crippen LogP contribution in [0.15, 0.2) is 47.2 Å². The van der Waals surface area contributed by atoms with E-state index in [-0.39, 0.29) is 11.5 Å². The largest absolute Gasteiger partial charge is 0.372 e. The number of nitrogens with zero attached hydrogens (tertiary/aromatic N) is 3. The number of ketones is 1. The van der Waals surface area contributed by atoms with Crippen LogP contribution in [-0.2, 0) is 9.63 Å². The summed E-state index contributed by atoms with van der Waals surface area (Å²) in [6.07, 6.45) is 3.82. The van der Waals surface area contributed by atoms with E-state index in [1.807, 2.05) is 0 Å². The Kier molecular flexibility index (Phi) is 4.59. The van der Waals surface area contributed by atoms with E-state index < -0.39 is 32.8 Å². The van der Waals surface area contributed by atoms with E-state index in [1.165, 1.54) is 18.2 Å². The van der Waals surface area contributed by atoms with Crippen molar-refractivity contribution in [3.8, 4) is 0 Å². The Labute approximate surface area is 134 Å². The van der Waals surface area contributed by atoms with Crippen molar-refractivity contribution in [1.29, 1.82) is 0 Å². The number of hydrogen-bond donors (Lipinski definition) is 0. The summed E-state index contributed by atoms with van der Waals surface area (Å²) in [6, 6.07) is 2.52. The van der Waals surface area contributed by atoms with E-state index in [0.717, 1.165) is 12.1 Å². The van der Waals surface area contributed by atoms with Crippen LogP contribution in [0.25, 0.3) is 0 Å². The van der Waals surface area contributed by atoms with E-state index in [9.17, 15) is 29.8 Å². The molecule has 10 heteroatoms. The average Bonchev–Trinajstić information content (AvgIpc) is 2.53. The van der Waals surface area contributed by atoms with Crippen LogP contribution in [0.5, 0.6) is 0 Å². The quantitative estimate of drug-likeness (QED) is 0.356. The van der Waals surface area contributed by atoms with Gasteiger partial charge in [0.2, 0.25) is 0 Å². The number of hydrogen-bond acceptors (Lipinski definition) is 8. The van der Waals surface area contributed by atoms with Crippen LogP contribution >= 0.6 is 0 Å². The van der Waals surface area contributed by atoms with Gasteiger partial charge >= 0.3 is 5.97 Å². The summed E-state index contributed by atoms with van der Waals surface area (Å²) in [5.74, 6) is -1.40. The second-order valence-electron chi connectivity index (χ2n) is 4.63. The van der Waals surface area contributed by atoms with Gasteiger partial charge in [0.1, 0.15) is 11.3 Å². The molecule has 0 amide bonds. The van der Waals surface area contributed by atoms with Gasteiger partial charge < -0.3 is 4.84 Å². The fourth-order valence-corrected chi connectivity index (χ4v) is 1.83. The normalized spacial score (nSPS) is 15.1. The zero-order chi connectivity index (χ0) is 17.9. The third-order valence-corrected chi connectivity index (χ3v) is 3.00. The molecule has 2 rings (SSSR count). The summed E-state index contributed by atoms with van der Waals surface area (Å²) in [6.45, 7) is 1.57. The predicted octanol–water partition coefficient (Wildman–Crippen LogP) is 2.10. The molecule has 0 fully saturated rings. The molecule has 0 spiro atoms. The molecule has 0 saturated carbocycles. The minimum Gasteiger partial charge on any atom is -0.312 e. The van der Waals surface area contributed by atoms with Crippen LogP contribution in [-0.4, -0.2) is 27.3 Å². The van der Waals surface area contributed by atoms with Gasteiger partial charge in [0.15, 0.2) is 5.78 Å². The SMILES string of the molecule is CC1=CC(=O)C=CC1=NOC(=O)c1ccc([N+](=O)[O-])cc1[N+](=O)[O-]. The van der Waals surface area contributed by atoms with Crippen LogP contribution in [0, 0.1) is 20.2 Å². The Morgan fingerprint density at radius 3 is 2.46 bits per heavy atom. The monoisotopic (exact) mass is 331 g/mol. The number of non-ortho nitro benzene ring substituents is 1. The lowest BCUT2D eigenvalue weighted by atomic mass is 10.1. The van der Waals surface area contributed by atoms with Crippen LogP contribution < -0.4 is 0 Å². The molecule has 0 heterocycles. The number of rotatable bonds is 4. The lowest BCUT2D eigenvalue weighted by molar-refractivity contribution is -0.394. The molecule has 0 saturated heterocycles. The minimum atomic E-state index is -1.15. The summed E-state index contributed by atoms with van der Waals surface area (Å²) in [5, 5.41) is 25.2. The molecule has 0 unspecified atom stereocenters. The first-order chi connectivity index (χ1) is 11.3. The van der Waals surface area contributed by atoms with E-state index >= 15 is 0 Å². The average molecular weight is 331 g/mol. The fourth-order valence-electron chi connectivity index (χ4n) is 1.83. The second-order valence-corrected chi connectivity index (χ2v) is 4.63. The fraction of sp³-hybridized carbons (Fsp3) is 0.0714. The van der Waals surface area contributed by atoms with E-state index in [2.05, 4.69) is 9.99 Å². The van der Waals surface area contributed by atoms with E-state index in [4.69, 9.17) is 0 Å². The minimum absolute atomic E-state index is 0.201. The summed E-state index contributed by atoms with van der Waals surface area (Å²) in [5.41, 5.74) is -1.12. The molecule has 1 aliphatic carbocycles. The van der Waals surface area contributed by atoms with Gasteiger partial charge in [0.05, 0.1) is 15.9 Å². The number of oxime groups is 1. The molecule has 0 aliphatic heterocycles. The maximum absolute atomic E-state index is 12.0. The van der Waals surface area contributed by atoms with Gasteiger partial charge in [0, 0.05) is 6.07 Å². The van der Waals surface area contributed by atoms with Crippen LogP contribution in [0.2, 0.25) is 0 Å². The summed E-state index contributed by atoms with van der Waals surface area (Å²) < 4.78 is 0. The highest BCUT2D eigenvalue weighted by molar-refractivity contribution is 6.19.